The van der Waals surface area contributed by atoms with E-state index in [1.54, 1.807) is 24.6 Å². The van der Waals surface area contributed by atoms with E-state index in [1.807, 2.05) is 78.9 Å². The van der Waals surface area contributed by atoms with Crippen LogP contribution in [0.2, 0.25) is 0 Å². The average Bonchev–Trinajstić information content (AvgIpc) is 2.95. The third-order valence-electron chi connectivity index (χ3n) is 5.06. The maximum atomic E-state index is 8.41. The Morgan fingerprint density at radius 2 is 0.895 bits per heavy atom. The molecule has 0 aliphatic carbocycles. The van der Waals surface area contributed by atoms with E-state index in [1.165, 1.54) is 12.0 Å². The first kappa shape index (κ1) is 31.2. The van der Waals surface area contributed by atoms with Gasteiger partial charge in [-0.2, -0.15) is 0 Å². The van der Waals surface area contributed by atoms with Gasteiger partial charge in [0.25, 0.3) is 12.5 Å². The van der Waals surface area contributed by atoms with Crippen LogP contribution in [0.5, 0.6) is 11.5 Å². The van der Waals surface area contributed by atoms with Crippen LogP contribution >= 0.6 is 0 Å². The Kier molecular flexibility index (Phi) is 15.2. The Morgan fingerprint density at radius 1 is 0.526 bits per heavy atom. The van der Waals surface area contributed by atoms with Crippen molar-refractivity contribution in [1.29, 1.82) is 10.5 Å². The van der Waals surface area contributed by atoms with Crippen LogP contribution in [-0.2, 0) is 6.42 Å². The van der Waals surface area contributed by atoms with Gasteiger partial charge in [-0.3, -0.25) is 0 Å². The maximum absolute atomic E-state index is 8.41. The molecule has 38 heavy (non-hydrogen) atoms. The molecule has 0 radical (unpaired) electrons. The summed E-state index contributed by atoms with van der Waals surface area (Å²) in [6.45, 7) is 6.41. The SMILES string of the molecule is C.CCC.CCc1ccccc1.N#COc1cccc2ccccc12.N#COc1cccc2ccccc12. The van der Waals surface area contributed by atoms with Crippen molar-refractivity contribution < 1.29 is 9.47 Å². The van der Waals surface area contributed by atoms with Gasteiger partial charge in [0.05, 0.1) is 0 Å². The molecule has 4 heteroatoms. The van der Waals surface area contributed by atoms with Crippen molar-refractivity contribution in [2.45, 2.75) is 41.0 Å². The molecular weight excluding hydrogens is 468 g/mol. The lowest BCUT2D eigenvalue weighted by Crippen LogP contribution is -1.82. The first-order valence-corrected chi connectivity index (χ1v) is 12.3. The highest BCUT2D eigenvalue weighted by molar-refractivity contribution is 5.89. The Bertz CT molecular complexity index is 1330. The standard InChI is InChI=1S/2C11H7NO.C8H10.C3H8.CH4/c2*12-8-13-11-7-3-5-9-4-1-2-6-10(9)11;1-2-8-6-4-3-5-7-8;1-3-2;/h2*1-7H;3-7H,2H2,1H3;3H2,1-2H3;1H4. The summed E-state index contributed by atoms with van der Waals surface area (Å²) in [6, 6.07) is 37.3. The molecule has 5 aromatic carbocycles. The van der Waals surface area contributed by atoms with Gasteiger partial charge in [0.1, 0.15) is 11.5 Å². The maximum Gasteiger partial charge on any atom is 0.292 e. The first-order valence-electron chi connectivity index (χ1n) is 12.3. The molecule has 0 heterocycles. The highest BCUT2D eigenvalue weighted by Gasteiger charge is 2.00. The molecule has 0 aliphatic rings. The number of fused-ring (bicyclic) bond motifs is 2. The van der Waals surface area contributed by atoms with Gasteiger partial charge >= 0.3 is 0 Å². The summed E-state index contributed by atoms with van der Waals surface area (Å²) in [5.41, 5.74) is 1.41. The van der Waals surface area contributed by atoms with E-state index in [4.69, 9.17) is 20.0 Å². The highest BCUT2D eigenvalue weighted by Crippen LogP contribution is 2.25. The summed E-state index contributed by atoms with van der Waals surface area (Å²) in [4.78, 5) is 0. The van der Waals surface area contributed by atoms with Gasteiger partial charge in [0.15, 0.2) is 0 Å². The molecule has 0 N–H and O–H groups in total. The normalized spacial score (nSPS) is 8.87. The van der Waals surface area contributed by atoms with Crippen LogP contribution in [0.3, 0.4) is 0 Å². The van der Waals surface area contributed by atoms with Gasteiger partial charge in [0, 0.05) is 10.8 Å². The van der Waals surface area contributed by atoms with Crippen LogP contribution in [0, 0.1) is 23.0 Å². The van der Waals surface area contributed by atoms with Gasteiger partial charge in [-0.1, -0.05) is 138 Å². The fraction of sp³-hybridized carbons (Fsp3) is 0.176. The van der Waals surface area contributed by atoms with Crippen LogP contribution in [0.4, 0.5) is 0 Å². The van der Waals surface area contributed by atoms with Crippen molar-refractivity contribution in [2.75, 3.05) is 0 Å². The molecule has 194 valence electrons. The van der Waals surface area contributed by atoms with E-state index in [9.17, 15) is 0 Å². The summed E-state index contributed by atoms with van der Waals surface area (Å²) < 4.78 is 9.65. The van der Waals surface area contributed by atoms with E-state index in [0.29, 0.717) is 11.5 Å². The second-order valence-corrected chi connectivity index (χ2v) is 7.89. The Hall–Kier alpha value is -4.80. The summed E-state index contributed by atoms with van der Waals surface area (Å²) in [6.07, 6.45) is 5.74. The molecule has 0 aromatic heterocycles. The van der Waals surface area contributed by atoms with Crippen molar-refractivity contribution in [3.05, 3.63) is 121 Å². The molecule has 0 bridgehead atoms. The highest BCUT2D eigenvalue weighted by atomic mass is 16.5. The van der Waals surface area contributed by atoms with Gasteiger partial charge in [-0.15, -0.1) is 10.5 Å². The van der Waals surface area contributed by atoms with Crippen molar-refractivity contribution in [3.63, 3.8) is 0 Å². The molecule has 5 aromatic rings. The smallest absolute Gasteiger partial charge is 0.292 e. The Balaban J connectivity index is 0.000000274. The van der Waals surface area contributed by atoms with Crippen LogP contribution < -0.4 is 9.47 Å². The number of rotatable bonds is 3. The number of ether oxygens (including phenoxy) is 2. The van der Waals surface area contributed by atoms with Gasteiger partial charge in [-0.05, 0) is 34.9 Å². The fourth-order valence-corrected chi connectivity index (χ4v) is 3.38. The lowest BCUT2D eigenvalue weighted by Gasteiger charge is -2.00. The molecule has 0 atom stereocenters. The number of nitriles is 2. The summed E-state index contributed by atoms with van der Waals surface area (Å²) in [5.74, 6) is 1.22. The predicted molar refractivity (Wildman–Crippen MR) is 159 cm³/mol. The molecule has 0 aliphatic heterocycles. The third kappa shape index (κ3) is 10.1. The quantitative estimate of drug-likeness (QED) is 0.229. The zero-order valence-corrected chi connectivity index (χ0v) is 21.6. The van der Waals surface area contributed by atoms with Crippen LogP contribution in [0.1, 0.15) is 40.2 Å². The average molecular weight is 505 g/mol. The fourth-order valence-electron chi connectivity index (χ4n) is 3.38. The molecule has 0 saturated carbocycles. The summed E-state index contributed by atoms with van der Waals surface area (Å²) in [7, 11) is 0. The molecule has 0 spiro atoms. The topological polar surface area (TPSA) is 66.0 Å². The van der Waals surface area contributed by atoms with Crippen LogP contribution in [0.15, 0.2) is 115 Å². The minimum Gasteiger partial charge on any atom is -0.387 e. The van der Waals surface area contributed by atoms with Crippen molar-refractivity contribution in [2.24, 2.45) is 0 Å². The third-order valence-corrected chi connectivity index (χ3v) is 5.06. The zero-order chi connectivity index (χ0) is 26.7. The predicted octanol–water partition coefficient (Wildman–Crippen LogP) is 9.70. The summed E-state index contributed by atoms with van der Waals surface area (Å²) in [5, 5.41) is 20.9. The molecule has 0 saturated heterocycles. The lowest BCUT2D eigenvalue weighted by atomic mass is 10.1. The number of hydrogen-bond donors (Lipinski definition) is 0. The minimum atomic E-state index is 0. The number of benzene rings is 5. The second-order valence-electron chi connectivity index (χ2n) is 7.89. The van der Waals surface area contributed by atoms with Crippen molar-refractivity contribution in [1.82, 2.24) is 0 Å². The monoisotopic (exact) mass is 504 g/mol. The van der Waals surface area contributed by atoms with E-state index in [2.05, 4.69) is 45.0 Å². The van der Waals surface area contributed by atoms with Gasteiger partial charge in [-0.25, -0.2) is 0 Å². The van der Waals surface area contributed by atoms with E-state index >= 15 is 0 Å². The lowest BCUT2D eigenvalue weighted by molar-refractivity contribution is 0.513. The largest absolute Gasteiger partial charge is 0.387 e. The van der Waals surface area contributed by atoms with E-state index in [0.717, 1.165) is 28.0 Å². The number of nitrogens with zero attached hydrogens (tertiary/aromatic N) is 2. The van der Waals surface area contributed by atoms with Gasteiger partial charge in [0.2, 0.25) is 0 Å². The van der Waals surface area contributed by atoms with E-state index in [-0.39, 0.29) is 7.43 Å². The first-order chi connectivity index (χ1) is 18.2. The molecule has 5 rings (SSSR count). The molecule has 0 amide bonds. The second kappa shape index (κ2) is 18.5. The molecule has 4 nitrogen and oxygen atoms in total. The van der Waals surface area contributed by atoms with Crippen LogP contribution in [-0.4, -0.2) is 0 Å². The number of hydrogen-bond acceptors (Lipinski definition) is 4. The van der Waals surface area contributed by atoms with Crippen molar-refractivity contribution in [3.8, 4) is 24.0 Å². The zero-order valence-electron chi connectivity index (χ0n) is 21.6. The molecular formula is C34H36N2O2. The van der Waals surface area contributed by atoms with Gasteiger partial charge < -0.3 is 9.47 Å². The Morgan fingerprint density at radius 3 is 1.26 bits per heavy atom. The van der Waals surface area contributed by atoms with Crippen LogP contribution in [0.25, 0.3) is 21.5 Å². The van der Waals surface area contributed by atoms with E-state index < -0.39 is 0 Å². The van der Waals surface area contributed by atoms with Crippen molar-refractivity contribution >= 4 is 21.5 Å². The Labute approximate surface area is 227 Å². The number of aryl methyl sites for hydroxylation is 1. The summed E-state index contributed by atoms with van der Waals surface area (Å²) >= 11 is 0. The minimum absolute atomic E-state index is 0. The molecule has 0 fully saturated rings. The molecule has 0 unspecified atom stereocenters.